The summed E-state index contributed by atoms with van der Waals surface area (Å²) < 4.78 is 5.01. The van der Waals surface area contributed by atoms with Crippen LogP contribution in [0.4, 0.5) is 0 Å². The molecule has 0 rings (SSSR count). The van der Waals surface area contributed by atoms with Gasteiger partial charge >= 0.3 is 0 Å². The highest BCUT2D eigenvalue weighted by Gasteiger charge is 2.23. The summed E-state index contributed by atoms with van der Waals surface area (Å²) in [7, 11) is 1.74. The van der Waals surface area contributed by atoms with Crippen molar-refractivity contribution in [2.75, 3.05) is 19.6 Å². The molecule has 0 aliphatic heterocycles. The third kappa shape index (κ3) is 3.97. The first kappa shape index (κ1) is 11.2. The van der Waals surface area contributed by atoms with Gasteiger partial charge in [-0.3, -0.25) is 0 Å². The molecule has 0 aliphatic rings. The van der Waals surface area contributed by atoms with E-state index in [1.54, 1.807) is 7.11 Å². The van der Waals surface area contributed by atoms with E-state index in [0.717, 1.165) is 18.9 Å². The van der Waals surface area contributed by atoms with Crippen LogP contribution in [0.15, 0.2) is 0 Å². The van der Waals surface area contributed by atoms with Crippen molar-refractivity contribution in [2.45, 2.75) is 27.2 Å². The van der Waals surface area contributed by atoms with Gasteiger partial charge in [0.25, 0.3) is 0 Å². The van der Waals surface area contributed by atoms with Crippen molar-refractivity contribution in [1.29, 1.82) is 0 Å². The van der Waals surface area contributed by atoms with Crippen LogP contribution < -0.4 is 0 Å². The van der Waals surface area contributed by atoms with Crippen molar-refractivity contribution in [3.8, 4) is 0 Å². The molecule has 0 aromatic rings. The van der Waals surface area contributed by atoms with Crippen LogP contribution in [0.5, 0.6) is 0 Å². The fourth-order valence-electron chi connectivity index (χ4n) is 0.817. The molecule has 68 valence electrons. The van der Waals surface area contributed by atoms with Crippen molar-refractivity contribution in [3.05, 3.63) is 0 Å². The minimum Gasteiger partial charge on any atom is -0.385 e. The van der Waals surface area contributed by atoms with Gasteiger partial charge in [0.2, 0.25) is 0 Å². The third-order valence-electron chi connectivity index (χ3n) is 2.43. The molecular weight excluding hydrogens is 160 g/mol. The zero-order chi connectivity index (χ0) is 8.91. The minimum atomic E-state index is 0.236. The molecule has 0 saturated heterocycles. The molecule has 2 heteroatoms. The van der Waals surface area contributed by atoms with Gasteiger partial charge in [0.1, 0.15) is 0 Å². The number of alkyl halides is 1. The Labute approximate surface area is 75.1 Å². The number of rotatable bonds is 5. The first-order chi connectivity index (χ1) is 5.04. The summed E-state index contributed by atoms with van der Waals surface area (Å²) in [5.41, 5.74) is 0.236. The minimum absolute atomic E-state index is 0.236. The zero-order valence-corrected chi connectivity index (χ0v) is 8.74. The zero-order valence-electron chi connectivity index (χ0n) is 7.98. The van der Waals surface area contributed by atoms with Gasteiger partial charge in [-0.15, -0.1) is 11.6 Å². The van der Waals surface area contributed by atoms with Crippen molar-refractivity contribution < 1.29 is 4.74 Å². The van der Waals surface area contributed by atoms with Crippen LogP contribution in [0.2, 0.25) is 0 Å². The maximum Gasteiger partial charge on any atom is 0.0465 e. The quantitative estimate of drug-likeness (QED) is 0.589. The Morgan fingerprint density at radius 1 is 1.45 bits per heavy atom. The average Bonchev–Trinajstić information content (AvgIpc) is 2.00. The number of ether oxygens (including phenoxy) is 1. The summed E-state index contributed by atoms with van der Waals surface area (Å²) >= 11 is 5.83. The second-order valence-electron chi connectivity index (χ2n) is 3.80. The lowest BCUT2D eigenvalue weighted by molar-refractivity contribution is 0.146. The van der Waals surface area contributed by atoms with E-state index in [2.05, 4.69) is 20.8 Å². The highest BCUT2D eigenvalue weighted by molar-refractivity contribution is 6.18. The summed E-state index contributed by atoms with van der Waals surface area (Å²) in [4.78, 5) is 0. The lowest BCUT2D eigenvalue weighted by atomic mass is 9.80. The molecule has 0 aromatic carbocycles. The van der Waals surface area contributed by atoms with Crippen LogP contribution in [-0.2, 0) is 4.74 Å². The maximum absolute atomic E-state index is 5.83. The second kappa shape index (κ2) is 5.00. The van der Waals surface area contributed by atoms with Crippen LogP contribution in [0.1, 0.15) is 27.2 Å². The van der Waals surface area contributed by atoms with Crippen LogP contribution in [0.25, 0.3) is 0 Å². The predicted octanol–water partition coefficient (Wildman–Crippen LogP) is 2.92. The molecule has 1 nitrogen and oxygen atoms in total. The Balaban J connectivity index is 3.71. The predicted molar refractivity (Wildman–Crippen MR) is 50.2 cm³/mol. The summed E-state index contributed by atoms with van der Waals surface area (Å²) in [6.45, 7) is 7.45. The molecule has 11 heavy (non-hydrogen) atoms. The number of halogens is 1. The molecular formula is C9H19ClO. The lowest BCUT2D eigenvalue weighted by Crippen LogP contribution is -2.24. The van der Waals surface area contributed by atoms with E-state index in [1.807, 2.05) is 0 Å². The Morgan fingerprint density at radius 2 is 2.00 bits per heavy atom. The van der Waals surface area contributed by atoms with Crippen LogP contribution in [0, 0.1) is 11.3 Å². The fourth-order valence-corrected chi connectivity index (χ4v) is 1.08. The normalized spacial score (nSPS) is 15.0. The van der Waals surface area contributed by atoms with Gasteiger partial charge in [-0.2, -0.15) is 0 Å². The van der Waals surface area contributed by atoms with Gasteiger partial charge in [-0.05, 0) is 17.8 Å². The summed E-state index contributed by atoms with van der Waals surface area (Å²) in [5.74, 6) is 1.35. The van der Waals surface area contributed by atoms with E-state index < -0.39 is 0 Å². The lowest BCUT2D eigenvalue weighted by Gasteiger charge is -2.29. The molecule has 0 spiro atoms. The van der Waals surface area contributed by atoms with E-state index in [4.69, 9.17) is 16.3 Å². The van der Waals surface area contributed by atoms with E-state index in [0.29, 0.717) is 5.92 Å². The molecule has 0 aliphatic carbocycles. The van der Waals surface area contributed by atoms with Crippen molar-refractivity contribution >= 4 is 11.6 Å². The van der Waals surface area contributed by atoms with Gasteiger partial charge in [0.05, 0.1) is 0 Å². The summed E-state index contributed by atoms with van der Waals surface area (Å²) in [6.07, 6.45) is 1.09. The van der Waals surface area contributed by atoms with Gasteiger partial charge in [-0.1, -0.05) is 20.8 Å². The van der Waals surface area contributed by atoms with E-state index in [1.165, 1.54) is 0 Å². The highest BCUT2D eigenvalue weighted by Crippen LogP contribution is 2.30. The van der Waals surface area contributed by atoms with Crippen molar-refractivity contribution in [1.82, 2.24) is 0 Å². The smallest absolute Gasteiger partial charge is 0.0465 e. The topological polar surface area (TPSA) is 9.23 Å². The molecule has 0 bridgehead atoms. The monoisotopic (exact) mass is 178 g/mol. The molecule has 0 radical (unpaired) electrons. The molecule has 0 saturated carbocycles. The van der Waals surface area contributed by atoms with E-state index in [9.17, 15) is 0 Å². The molecule has 0 amide bonds. The van der Waals surface area contributed by atoms with Crippen LogP contribution in [-0.4, -0.2) is 19.6 Å². The van der Waals surface area contributed by atoms with Crippen molar-refractivity contribution in [3.63, 3.8) is 0 Å². The Kier molecular flexibility index (Phi) is 5.11. The first-order valence-electron chi connectivity index (χ1n) is 4.09. The third-order valence-corrected chi connectivity index (χ3v) is 3.12. The van der Waals surface area contributed by atoms with E-state index >= 15 is 0 Å². The SMILES string of the molecule is COCCC(C)C(C)(C)CCl. The Hall–Kier alpha value is 0.250. The first-order valence-corrected chi connectivity index (χ1v) is 4.63. The molecule has 0 N–H and O–H groups in total. The largest absolute Gasteiger partial charge is 0.385 e. The maximum atomic E-state index is 5.83. The fraction of sp³-hybridized carbons (Fsp3) is 1.00. The molecule has 0 fully saturated rings. The Morgan fingerprint density at radius 3 is 2.36 bits per heavy atom. The summed E-state index contributed by atoms with van der Waals surface area (Å²) in [5, 5.41) is 0. The van der Waals surface area contributed by atoms with Gasteiger partial charge in [0.15, 0.2) is 0 Å². The molecule has 1 atom stereocenters. The second-order valence-corrected chi connectivity index (χ2v) is 4.07. The van der Waals surface area contributed by atoms with Gasteiger partial charge in [-0.25, -0.2) is 0 Å². The van der Waals surface area contributed by atoms with Crippen LogP contribution >= 0.6 is 11.6 Å². The van der Waals surface area contributed by atoms with Gasteiger partial charge in [0, 0.05) is 19.6 Å². The van der Waals surface area contributed by atoms with Crippen LogP contribution in [0.3, 0.4) is 0 Å². The number of methoxy groups -OCH3 is 1. The van der Waals surface area contributed by atoms with Gasteiger partial charge < -0.3 is 4.74 Å². The highest BCUT2D eigenvalue weighted by atomic mass is 35.5. The Bertz CT molecular complexity index is 102. The standard InChI is InChI=1S/C9H19ClO/c1-8(5-6-11-4)9(2,3)7-10/h8H,5-7H2,1-4H3. The van der Waals surface area contributed by atoms with E-state index in [-0.39, 0.29) is 5.41 Å². The van der Waals surface area contributed by atoms with Crippen molar-refractivity contribution in [2.24, 2.45) is 11.3 Å². The summed E-state index contributed by atoms with van der Waals surface area (Å²) in [6, 6.07) is 0. The molecule has 1 unspecified atom stereocenters. The average molecular weight is 179 g/mol. The number of hydrogen-bond donors (Lipinski definition) is 0. The molecule has 0 heterocycles. The number of hydrogen-bond acceptors (Lipinski definition) is 1. The molecule has 0 aromatic heterocycles.